The van der Waals surface area contributed by atoms with E-state index in [1.807, 2.05) is 10.7 Å². The molecule has 7 nitrogen and oxygen atoms in total. The first-order valence-electron chi connectivity index (χ1n) is 7.92. The Morgan fingerprint density at radius 2 is 2.16 bits per heavy atom. The SMILES string of the molecule is C[C@@H](COCc1cc2n(n1)CCNC2)Nc1cnncc1C(F)(F)F. The van der Waals surface area contributed by atoms with Crippen LogP contribution in [0.4, 0.5) is 18.9 Å². The van der Waals surface area contributed by atoms with Gasteiger partial charge in [0.05, 0.1) is 49.2 Å². The fraction of sp³-hybridized carbons (Fsp3) is 0.533. The van der Waals surface area contributed by atoms with E-state index in [0.29, 0.717) is 12.8 Å². The maximum absolute atomic E-state index is 12.9. The summed E-state index contributed by atoms with van der Waals surface area (Å²) in [6, 6.07) is 1.64. The molecule has 0 saturated heterocycles. The zero-order chi connectivity index (χ0) is 17.9. The molecule has 0 saturated carbocycles. The predicted molar refractivity (Wildman–Crippen MR) is 83.7 cm³/mol. The first-order valence-corrected chi connectivity index (χ1v) is 7.92. The molecule has 2 N–H and O–H groups in total. The van der Waals surface area contributed by atoms with Crippen molar-refractivity contribution in [2.24, 2.45) is 0 Å². The standard InChI is InChI=1S/C15H19F3N6O/c1-10(22-14-7-21-20-6-13(14)15(16,17)18)8-25-9-11-4-12-5-19-2-3-24(12)23-11/h4,6-7,10,19H,2-3,5,8-9H2,1H3,(H,20,22)/t10-/m0/s1. The predicted octanol–water partition coefficient (Wildman–Crippen LogP) is 1.81. The van der Waals surface area contributed by atoms with Crippen LogP contribution in [0.5, 0.6) is 0 Å². The molecule has 0 spiro atoms. The molecular formula is C15H19F3N6O. The van der Waals surface area contributed by atoms with Crippen LogP contribution in [0.2, 0.25) is 0 Å². The lowest BCUT2D eigenvalue weighted by Crippen LogP contribution is -2.28. The Labute approximate surface area is 142 Å². The van der Waals surface area contributed by atoms with Crippen LogP contribution in [0.15, 0.2) is 18.5 Å². The van der Waals surface area contributed by atoms with Gasteiger partial charge < -0.3 is 15.4 Å². The van der Waals surface area contributed by atoms with Gasteiger partial charge in [0.1, 0.15) is 5.56 Å². The number of rotatable bonds is 6. The summed E-state index contributed by atoms with van der Waals surface area (Å²) in [4.78, 5) is 0. The van der Waals surface area contributed by atoms with Crippen molar-refractivity contribution in [2.75, 3.05) is 18.5 Å². The van der Waals surface area contributed by atoms with Gasteiger partial charge in [0.15, 0.2) is 0 Å². The summed E-state index contributed by atoms with van der Waals surface area (Å²) >= 11 is 0. The molecule has 1 aliphatic rings. The molecule has 2 aromatic rings. The lowest BCUT2D eigenvalue weighted by atomic mass is 10.2. The summed E-state index contributed by atoms with van der Waals surface area (Å²) in [5.74, 6) is 0. The third-order valence-corrected chi connectivity index (χ3v) is 3.78. The molecule has 136 valence electrons. The first-order chi connectivity index (χ1) is 11.9. The molecule has 0 aromatic carbocycles. The van der Waals surface area contributed by atoms with E-state index in [2.05, 4.69) is 25.9 Å². The Bertz CT molecular complexity index is 694. The quantitative estimate of drug-likeness (QED) is 0.822. The molecule has 10 heteroatoms. The molecule has 0 amide bonds. The maximum atomic E-state index is 12.9. The number of nitrogens with one attached hydrogen (secondary N) is 2. The van der Waals surface area contributed by atoms with Gasteiger partial charge in [0.25, 0.3) is 0 Å². The topological polar surface area (TPSA) is 76.9 Å². The van der Waals surface area contributed by atoms with E-state index in [0.717, 1.165) is 37.2 Å². The lowest BCUT2D eigenvalue weighted by Gasteiger charge is -2.18. The van der Waals surface area contributed by atoms with Crippen molar-refractivity contribution in [1.82, 2.24) is 25.3 Å². The number of ether oxygens (including phenoxy) is 1. The monoisotopic (exact) mass is 356 g/mol. The van der Waals surface area contributed by atoms with Crippen molar-refractivity contribution < 1.29 is 17.9 Å². The zero-order valence-corrected chi connectivity index (χ0v) is 13.7. The van der Waals surface area contributed by atoms with E-state index in [1.54, 1.807) is 6.92 Å². The van der Waals surface area contributed by atoms with Crippen LogP contribution in [0.1, 0.15) is 23.9 Å². The van der Waals surface area contributed by atoms with Crippen molar-refractivity contribution in [1.29, 1.82) is 0 Å². The number of aromatic nitrogens is 4. The van der Waals surface area contributed by atoms with Crippen molar-refractivity contribution in [3.63, 3.8) is 0 Å². The highest BCUT2D eigenvalue weighted by atomic mass is 19.4. The third kappa shape index (κ3) is 4.45. The lowest BCUT2D eigenvalue weighted by molar-refractivity contribution is -0.137. The highest BCUT2D eigenvalue weighted by Crippen LogP contribution is 2.33. The molecule has 1 atom stereocenters. The largest absolute Gasteiger partial charge is 0.420 e. The second-order valence-corrected chi connectivity index (χ2v) is 5.90. The number of alkyl halides is 3. The Balaban J connectivity index is 1.52. The maximum Gasteiger partial charge on any atom is 0.420 e. The Morgan fingerprint density at radius 3 is 2.92 bits per heavy atom. The molecule has 25 heavy (non-hydrogen) atoms. The minimum absolute atomic E-state index is 0.109. The number of hydrogen-bond donors (Lipinski definition) is 2. The summed E-state index contributed by atoms with van der Waals surface area (Å²) < 4.78 is 46.3. The van der Waals surface area contributed by atoms with E-state index in [-0.39, 0.29) is 18.3 Å². The van der Waals surface area contributed by atoms with Gasteiger partial charge >= 0.3 is 6.18 Å². The molecule has 0 aliphatic carbocycles. The average molecular weight is 356 g/mol. The van der Waals surface area contributed by atoms with Crippen molar-refractivity contribution in [3.05, 3.63) is 35.4 Å². The number of anilines is 1. The van der Waals surface area contributed by atoms with Crippen molar-refractivity contribution >= 4 is 5.69 Å². The number of hydrogen-bond acceptors (Lipinski definition) is 6. The Kier molecular flexibility index (Phi) is 5.19. The second kappa shape index (κ2) is 7.36. The van der Waals surface area contributed by atoms with Gasteiger partial charge in [-0.25, -0.2) is 0 Å². The smallest absolute Gasteiger partial charge is 0.378 e. The van der Waals surface area contributed by atoms with E-state index >= 15 is 0 Å². The van der Waals surface area contributed by atoms with E-state index in [1.165, 1.54) is 0 Å². The van der Waals surface area contributed by atoms with Crippen LogP contribution in [-0.2, 0) is 30.6 Å². The average Bonchev–Trinajstić information content (AvgIpc) is 2.97. The summed E-state index contributed by atoms with van der Waals surface area (Å²) in [6.45, 7) is 4.77. The minimum Gasteiger partial charge on any atom is -0.378 e. The fourth-order valence-corrected chi connectivity index (χ4v) is 2.63. The van der Waals surface area contributed by atoms with E-state index in [4.69, 9.17) is 4.74 Å². The summed E-state index contributed by atoms with van der Waals surface area (Å²) in [5.41, 5.74) is 0.965. The van der Waals surface area contributed by atoms with Crippen LogP contribution in [-0.4, -0.2) is 39.2 Å². The first kappa shape index (κ1) is 17.6. The summed E-state index contributed by atoms with van der Waals surface area (Å²) in [6.07, 6.45) is -2.71. The van der Waals surface area contributed by atoms with Crippen LogP contribution in [0.25, 0.3) is 0 Å². The van der Waals surface area contributed by atoms with Crippen molar-refractivity contribution in [2.45, 2.75) is 38.8 Å². The van der Waals surface area contributed by atoms with Gasteiger partial charge in [0, 0.05) is 19.1 Å². The van der Waals surface area contributed by atoms with Crippen LogP contribution in [0, 0.1) is 0 Å². The number of nitrogens with zero attached hydrogens (tertiary/aromatic N) is 4. The molecule has 0 bridgehead atoms. The van der Waals surface area contributed by atoms with Gasteiger partial charge in [-0.3, -0.25) is 4.68 Å². The molecular weight excluding hydrogens is 337 g/mol. The van der Waals surface area contributed by atoms with Crippen LogP contribution in [0.3, 0.4) is 0 Å². The molecule has 3 rings (SSSR count). The molecule has 0 fully saturated rings. The summed E-state index contributed by atoms with van der Waals surface area (Å²) in [7, 11) is 0. The van der Waals surface area contributed by atoms with Gasteiger partial charge in [-0.05, 0) is 13.0 Å². The highest BCUT2D eigenvalue weighted by molar-refractivity contribution is 5.50. The molecule has 1 aliphatic heterocycles. The Morgan fingerprint density at radius 1 is 1.36 bits per heavy atom. The molecule has 3 heterocycles. The number of fused-ring (bicyclic) bond motifs is 1. The van der Waals surface area contributed by atoms with Crippen LogP contribution >= 0.6 is 0 Å². The second-order valence-electron chi connectivity index (χ2n) is 5.90. The third-order valence-electron chi connectivity index (χ3n) is 3.78. The molecule has 0 radical (unpaired) electrons. The zero-order valence-electron chi connectivity index (χ0n) is 13.7. The fourth-order valence-electron chi connectivity index (χ4n) is 2.63. The van der Waals surface area contributed by atoms with Gasteiger partial charge in [-0.15, -0.1) is 0 Å². The van der Waals surface area contributed by atoms with Gasteiger partial charge in [-0.1, -0.05) is 0 Å². The van der Waals surface area contributed by atoms with E-state index < -0.39 is 11.7 Å². The normalized spacial score (nSPS) is 15.7. The molecule has 2 aromatic heterocycles. The van der Waals surface area contributed by atoms with Gasteiger partial charge in [-0.2, -0.15) is 28.5 Å². The van der Waals surface area contributed by atoms with Crippen molar-refractivity contribution in [3.8, 4) is 0 Å². The highest BCUT2D eigenvalue weighted by Gasteiger charge is 2.34. The number of halogens is 3. The van der Waals surface area contributed by atoms with E-state index in [9.17, 15) is 13.2 Å². The van der Waals surface area contributed by atoms with Gasteiger partial charge in [0.2, 0.25) is 0 Å². The summed E-state index contributed by atoms with van der Waals surface area (Å²) in [5, 5.41) is 17.3. The molecule has 0 unspecified atom stereocenters. The minimum atomic E-state index is -4.48. The van der Waals surface area contributed by atoms with Crippen LogP contribution < -0.4 is 10.6 Å². The Hall–Kier alpha value is -2.20.